The molecule has 0 radical (unpaired) electrons. The van der Waals surface area contributed by atoms with Crippen molar-refractivity contribution in [3.8, 4) is 0 Å². The van der Waals surface area contributed by atoms with E-state index in [9.17, 15) is 22.4 Å². The van der Waals surface area contributed by atoms with Gasteiger partial charge in [0.15, 0.2) is 0 Å². The highest BCUT2D eigenvalue weighted by Gasteiger charge is 2.30. The summed E-state index contributed by atoms with van der Waals surface area (Å²) in [4.78, 5) is 15.2. The van der Waals surface area contributed by atoms with Gasteiger partial charge >= 0.3 is 6.18 Å². The summed E-state index contributed by atoms with van der Waals surface area (Å²) in [6.07, 6.45) is -3.92. The summed E-state index contributed by atoms with van der Waals surface area (Å²) < 4.78 is 49.7. The first-order chi connectivity index (χ1) is 9.36. The topological polar surface area (TPSA) is 42.0 Å². The highest BCUT2D eigenvalue weighted by molar-refractivity contribution is 6.02. The monoisotopic (exact) mass is 284 g/mol. The average Bonchev–Trinajstić information content (AvgIpc) is 2.40. The molecule has 0 saturated heterocycles. The summed E-state index contributed by atoms with van der Waals surface area (Å²) in [5.74, 6) is -1.14. The highest BCUT2D eigenvalue weighted by Crippen LogP contribution is 2.28. The van der Waals surface area contributed by atoms with Crippen LogP contribution in [0, 0.1) is 5.82 Å². The summed E-state index contributed by atoms with van der Waals surface area (Å²) in [6.45, 7) is 0. The quantitative estimate of drug-likeness (QED) is 0.858. The number of carbonyl (C=O) groups excluding carboxylic acids is 1. The third kappa shape index (κ3) is 3.31. The largest absolute Gasteiger partial charge is 0.417 e. The Morgan fingerprint density at radius 3 is 2.20 bits per heavy atom. The molecule has 0 fully saturated rings. The Balaban J connectivity index is 2.11. The van der Waals surface area contributed by atoms with E-state index in [4.69, 9.17) is 0 Å². The van der Waals surface area contributed by atoms with Crippen molar-refractivity contribution in [2.75, 3.05) is 5.32 Å². The van der Waals surface area contributed by atoms with Crippen LogP contribution in [0.4, 0.5) is 23.2 Å². The molecule has 2 rings (SSSR count). The van der Waals surface area contributed by atoms with E-state index in [1.807, 2.05) is 0 Å². The molecule has 0 saturated carbocycles. The molecule has 1 aromatic heterocycles. The Kier molecular flexibility index (Phi) is 3.69. The van der Waals surface area contributed by atoms with Gasteiger partial charge in [-0.3, -0.25) is 9.78 Å². The second-order valence-corrected chi connectivity index (χ2v) is 3.89. The molecule has 0 spiro atoms. The molecule has 104 valence electrons. The van der Waals surface area contributed by atoms with Crippen LogP contribution in [0.1, 0.15) is 16.1 Å². The number of alkyl halides is 3. The van der Waals surface area contributed by atoms with Crippen LogP contribution in [0.25, 0.3) is 0 Å². The van der Waals surface area contributed by atoms with Gasteiger partial charge in [-0.2, -0.15) is 13.2 Å². The molecule has 0 bridgehead atoms. The van der Waals surface area contributed by atoms with Crippen LogP contribution in [-0.4, -0.2) is 10.9 Å². The van der Waals surface area contributed by atoms with Crippen LogP contribution in [0.15, 0.2) is 42.6 Å². The van der Waals surface area contributed by atoms with Crippen molar-refractivity contribution in [2.45, 2.75) is 6.18 Å². The van der Waals surface area contributed by atoms with E-state index in [0.29, 0.717) is 11.9 Å². The molecule has 3 nitrogen and oxygen atoms in total. The Morgan fingerprint density at radius 2 is 1.70 bits per heavy atom. The zero-order valence-electron chi connectivity index (χ0n) is 9.91. The van der Waals surface area contributed by atoms with Gasteiger partial charge in [-0.25, -0.2) is 4.39 Å². The van der Waals surface area contributed by atoms with E-state index in [2.05, 4.69) is 10.3 Å². The maximum atomic E-state index is 12.7. The van der Waals surface area contributed by atoms with Crippen LogP contribution < -0.4 is 5.32 Å². The number of carbonyl (C=O) groups is 1. The predicted octanol–water partition coefficient (Wildman–Crippen LogP) is 3.49. The fourth-order valence-electron chi connectivity index (χ4n) is 1.42. The fourth-order valence-corrected chi connectivity index (χ4v) is 1.42. The van der Waals surface area contributed by atoms with E-state index < -0.39 is 23.5 Å². The Morgan fingerprint density at radius 1 is 1.05 bits per heavy atom. The van der Waals surface area contributed by atoms with Crippen molar-refractivity contribution < 1.29 is 22.4 Å². The Bertz CT molecular complexity index is 606. The molecule has 0 unspecified atom stereocenters. The minimum atomic E-state index is -4.50. The second-order valence-electron chi connectivity index (χ2n) is 3.89. The summed E-state index contributed by atoms with van der Waals surface area (Å²) in [6, 6.07) is 6.70. The van der Waals surface area contributed by atoms with E-state index in [1.165, 1.54) is 12.1 Å². The molecule has 20 heavy (non-hydrogen) atoms. The number of amides is 1. The number of pyridine rings is 1. The number of nitrogens with one attached hydrogen (secondary N) is 1. The summed E-state index contributed by atoms with van der Waals surface area (Å²) in [7, 11) is 0. The van der Waals surface area contributed by atoms with Crippen molar-refractivity contribution in [3.05, 3.63) is 59.7 Å². The zero-order chi connectivity index (χ0) is 14.8. The minimum Gasteiger partial charge on any atom is -0.321 e. The first kappa shape index (κ1) is 14.0. The Labute approximate surface area is 111 Å². The van der Waals surface area contributed by atoms with Crippen LogP contribution in [0.2, 0.25) is 0 Å². The molecule has 0 atom stereocenters. The van der Waals surface area contributed by atoms with Gasteiger partial charge in [-0.1, -0.05) is 0 Å². The van der Waals surface area contributed by atoms with Gasteiger partial charge in [0.05, 0.1) is 5.56 Å². The van der Waals surface area contributed by atoms with Crippen LogP contribution in [-0.2, 0) is 6.18 Å². The van der Waals surface area contributed by atoms with E-state index in [0.717, 1.165) is 24.3 Å². The molecule has 7 heteroatoms. The van der Waals surface area contributed by atoms with E-state index in [1.54, 1.807) is 0 Å². The lowest BCUT2D eigenvalue weighted by Crippen LogP contribution is -2.14. The normalized spacial score (nSPS) is 11.2. The molecule has 0 aliphatic carbocycles. The molecule has 1 aromatic carbocycles. The average molecular weight is 284 g/mol. The number of aromatic nitrogens is 1. The van der Waals surface area contributed by atoms with Gasteiger partial charge in [-0.15, -0.1) is 0 Å². The summed E-state index contributed by atoms with van der Waals surface area (Å²) >= 11 is 0. The minimum absolute atomic E-state index is 0.165. The summed E-state index contributed by atoms with van der Waals surface area (Å²) in [5.41, 5.74) is -0.781. The summed E-state index contributed by atoms with van der Waals surface area (Å²) in [5, 5.41) is 2.39. The second kappa shape index (κ2) is 5.28. The lowest BCUT2D eigenvalue weighted by atomic mass is 10.2. The molecule has 1 N–H and O–H groups in total. The van der Waals surface area contributed by atoms with E-state index in [-0.39, 0.29) is 5.69 Å². The van der Waals surface area contributed by atoms with Crippen molar-refractivity contribution in [3.63, 3.8) is 0 Å². The maximum absolute atomic E-state index is 12.7. The maximum Gasteiger partial charge on any atom is 0.417 e. The first-order valence-corrected chi connectivity index (χ1v) is 5.46. The van der Waals surface area contributed by atoms with Crippen LogP contribution in [0.5, 0.6) is 0 Å². The van der Waals surface area contributed by atoms with Gasteiger partial charge < -0.3 is 5.32 Å². The molecular weight excluding hydrogens is 276 g/mol. The van der Waals surface area contributed by atoms with Crippen molar-refractivity contribution in [2.24, 2.45) is 0 Å². The van der Waals surface area contributed by atoms with Crippen molar-refractivity contribution in [1.29, 1.82) is 0 Å². The number of hydrogen-bond acceptors (Lipinski definition) is 2. The van der Waals surface area contributed by atoms with Crippen LogP contribution in [0.3, 0.4) is 0 Å². The number of anilines is 1. The van der Waals surface area contributed by atoms with Crippen molar-refractivity contribution >= 4 is 11.6 Å². The van der Waals surface area contributed by atoms with Gasteiger partial charge in [0.1, 0.15) is 11.5 Å². The lowest BCUT2D eigenvalue weighted by molar-refractivity contribution is -0.137. The number of nitrogens with zero attached hydrogens (tertiary/aromatic N) is 1. The number of rotatable bonds is 2. The standard InChI is InChI=1S/C13H8F4N2O/c14-9-2-4-10(5-3-9)19-12(20)11-6-1-8(7-18-11)13(15,16)17/h1-7H,(H,19,20). The lowest BCUT2D eigenvalue weighted by Gasteiger charge is -2.07. The van der Waals surface area contributed by atoms with E-state index >= 15 is 0 Å². The SMILES string of the molecule is O=C(Nc1ccc(F)cc1)c1ccc(C(F)(F)F)cn1. The van der Waals surface area contributed by atoms with Gasteiger partial charge in [0.2, 0.25) is 0 Å². The fraction of sp³-hybridized carbons (Fsp3) is 0.0769. The predicted molar refractivity (Wildman–Crippen MR) is 63.6 cm³/mol. The zero-order valence-corrected chi connectivity index (χ0v) is 9.91. The molecule has 1 heterocycles. The van der Waals surface area contributed by atoms with Gasteiger partial charge in [-0.05, 0) is 36.4 Å². The van der Waals surface area contributed by atoms with Gasteiger partial charge in [0.25, 0.3) is 5.91 Å². The number of benzene rings is 1. The molecule has 1 amide bonds. The number of hydrogen-bond donors (Lipinski definition) is 1. The highest BCUT2D eigenvalue weighted by atomic mass is 19.4. The molecule has 0 aliphatic heterocycles. The molecular formula is C13H8F4N2O. The van der Waals surface area contributed by atoms with Crippen LogP contribution >= 0.6 is 0 Å². The third-order valence-corrected chi connectivity index (χ3v) is 2.43. The Hall–Kier alpha value is -2.44. The first-order valence-electron chi connectivity index (χ1n) is 5.46. The van der Waals surface area contributed by atoms with Gasteiger partial charge in [0, 0.05) is 11.9 Å². The van der Waals surface area contributed by atoms with Crippen molar-refractivity contribution in [1.82, 2.24) is 4.98 Å². The molecule has 2 aromatic rings. The third-order valence-electron chi connectivity index (χ3n) is 2.43. The molecule has 0 aliphatic rings. The number of halogens is 4. The smallest absolute Gasteiger partial charge is 0.321 e.